The Balaban J connectivity index is 1.86. The summed E-state index contributed by atoms with van der Waals surface area (Å²) in [5.41, 5.74) is 2.74. The van der Waals surface area contributed by atoms with Crippen molar-refractivity contribution in [3.8, 4) is 0 Å². The van der Waals surface area contributed by atoms with Crippen molar-refractivity contribution >= 4 is 41.1 Å². The van der Waals surface area contributed by atoms with Gasteiger partial charge in [0.2, 0.25) is 5.91 Å². The maximum Gasteiger partial charge on any atom is 0.353 e. The molecule has 24 heavy (non-hydrogen) atoms. The molecule has 2 aliphatic heterocycles. The van der Waals surface area contributed by atoms with E-state index in [0.29, 0.717) is 4.91 Å². The van der Waals surface area contributed by atoms with Crippen molar-refractivity contribution in [1.29, 1.82) is 0 Å². The highest BCUT2D eigenvalue weighted by atomic mass is 32.2. The monoisotopic (exact) mass is 366 g/mol. The molecule has 0 spiro atoms. The molecule has 0 aliphatic carbocycles. The standard InChI is InChI=1S/C16H18N2O4S2/c1-7-12-11(9(3)19)15(20)18(12)13(16(21)22)14(7)23-5-4-10-8(2)17-6-24-10/h4-7,9,11-12,19H,1-3H3,(H,21,22)/b5-4-/t7-,9-,11-,12-/m1/s1. The van der Waals surface area contributed by atoms with E-state index in [4.69, 9.17) is 0 Å². The molecular formula is C16H18N2O4S2. The van der Waals surface area contributed by atoms with Gasteiger partial charge in [0.25, 0.3) is 0 Å². The Labute approximate surface area is 147 Å². The number of carboxylic acids is 1. The summed E-state index contributed by atoms with van der Waals surface area (Å²) in [7, 11) is 0. The van der Waals surface area contributed by atoms with Crippen molar-refractivity contribution in [1.82, 2.24) is 9.88 Å². The van der Waals surface area contributed by atoms with Crippen LogP contribution in [0.25, 0.3) is 6.08 Å². The van der Waals surface area contributed by atoms with E-state index in [1.54, 1.807) is 12.4 Å². The van der Waals surface area contributed by atoms with E-state index in [-0.39, 0.29) is 23.6 Å². The molecular weight excluding hydrogens is 348 g/mol. The molecule has 1 fully saturated rings. The fraction of sp³-hybridized carbons (Fsp3) is 0.438. The number of carboxylic acid groups (broad SMARTS) is 1. The van der Waals surface area contributed by atoms with Crippen LogP contribution >= 0.6 is 23.1 Å². The Morgan fingerprint density at radius 1 is 1.54 bits per heavy atom. The quantitative estimate of drug-likeness (QED) is 0.777. The molecule has 4 atom stereocenters. The average Bonchev–Trinajstić information content (AvgIpc) is 3.00. The number of rotatable bonds is 5. The number of nitrogens with zero attached hydrogens (tertiary/aromatic N) is 2. The van der Waals surface area contributed by atoms with Gasteiger partial charge < -0.3 is 15.1 Å². The second-order valence-corrected chi connectivity index (χ2v) is 7.83. The summed E-state index contributed by atoms with van der Waals surface area (Å²) in [6, 6.07) is -0.273. The molecule has 0 aromatic carbocycles. The van der Waals surface area contributed by atoms with Crippen molar-refractivity contribution < 1.29 is 19.8 Å². The highest BCUT2D eigenvalue weighted by molar-refractivity contribution is 8.06. The molecule has 0 unspecified atom stereocenters. The molecule has 0 bridgehead atoms. The van der Waals surface area contributed by atoms with Gasteiger partial charge in [-0.2, -0.15) is 0 Å². The maximum atomic E-state index is 12.2. The number of thioether (sulfide) groups is 1. The number of carbonyl (C=O) groups excluding carboxylic acids is 1. The number of hydrogen-bond donors (Lipinski definition) is 2. The molecule has 1 aromatic heterocycles. The topological polar surface area (TPSA) is 90.7 Å². The SMILES string of the molecule is Cc1ncsc1/C=C\SC1=C(C(=O)O)N2C(=O)[C@H]([C@@H](C)O)[C@H]2[C@H]1C. The molecule has 3 rings (SSSR count). The number of amides is 1. The maximum absolute atomic E-state index is 12.2. The van der Waals surface area contributed by atoms with Gasteiger partial charge in [0.15, 0.2) is 0 Å². The number of fused-ring (bicyclic) bond motifs is 1. The molecule has 1 amide bonds. The van der Waals surface area contributed by atoms with Crippen LogP contribution in [0.2, 0.25) is 0 Å². The van der Waals surface area contributed by atoms with Crippen molar-refractivity contribution in [3.05, 3.63) is 32.1 Å². The number of carbonyl (C=O) groups is 2. The van der Waals surface area contributed by atoms with E-state index in [0.717, 1.165) is 10.6 Å². The van der Waals surface area contributed by atoms with Gasteiger partial charge in [-0.05, 0) is 25.3 Å². The van der Waals surface area contributed by atoms with E-state index >= 15 is 0 Å². The zero-order valence-electron chi connectivity index (χ0n) is 13.5. The number of aliphatic hydroxyl groups excluding tert-OH is 1. The predicted molar refractivity (Wildman–Crippen MR) is 93.1 cm³/mol. The van der Waals surface area contributed by atoms with Gasteiger partial charge in [-0.15, -0.1) is 11.3 Å². The van der Waals surface area contributed by atoms with Crippen molar-refractivity contribution in [3.63, 3.8) is 0 Å². The number of aliphatic hydroxyl groups is 1. The number of aliphatic carboxylic acids is 1. The number of β-lactam (4-membered cyclic amide) rings is 1. The first-order chi connectivity index (χ1) is 11.3. The summed E-state index contributed by atoms with van der Waals surface area (Å²) in [6.45, 7) is 5.40. The van der Waals surface area contributed by atoms with Crippen LogP contribution < -0.4 is 0 Å². The first-order valence-electron chi connectivity index (χ1n) is 7.56. The van der Waals surface area contributed by atoms with E-state index in [1.165, 1.54) is 28.0 Å². The third kappa shape index (κ3) is 2.58. The zero-order valence-corrected chi connectivity index (χ0v) is 15.1. The lowest BCUT2D eigenvalue weighted by Crippen LogP contribution is -2.63. The van der Waals surface area contributed by atoms with Gasteiger partial charge >= 0.3 is 5.97 Å². The number of thiazole rings is 1. The van der Waals surface area contributed by atoms with Gasteiger partial charge in [-0.3, -0.25) is 4.79 Å². The van der Waals surface area contributed by atoms with E-state index in [1.807, 2.05) is 25.3 Å². The first-order valence-corrected chi connectivity index (χ1v) is 9.32. The number of hydrogen-bond acceptors (Lipinski definition) is 6. The molecule has 128 valence electrons. The molecule has 8 heteroatoms. The van der Waals surface area contributed by atoms with Crippen LogP contribution in [0.4, 0.5) is 0 Å². The van der Waals surface area contributed by atoms with E-state index in [9.17, 15) is 19.8 Å². The minimum absolute atomic E-state index is 0.0464. The molecule has 0 radical (unpaired) electrons. The molecule has 3 heterocycles. The zero-order chi connectivity index (χ0) is 17.6. The molecule has 1 saturated heterocycles. The predicted octanol–water partition coefficient (Wildman–Crippen LogP) is 2.31. The van der Waals surface area contributed by atoms with Crippen LogP contribution in [-0.4, -0.2) is 44.1 Å². The Kier molecular flexibility index (Phi) is 4.54. The number of aromatic nitrogens is 1. The molecule has 6 nitrogen and oxygen atoms in total. The Bertz CT molecular complexity index is 753. The minimum atomic E-state index is -1.10. The third-order valence-corrected chi connectivity index (χ3v) is 6.50. The van der Waals surface area contributed by atoms with Gasteiger partial charge in [0, 0.05) is 10.8 Å². The highest BCUT2D eigenvalue weighted by Gasteiger charge is 2.59. The van der Waals surface area contributed by atoms with Crippen molar-refractivity contribution in [2.24, 2.45) is 11.8 Å². The Morgan fingerprint density at radius 2 is 2.25 bits per heavy atom. The second kappa shape index (κ2) is 6.34. The average molecular weight is 366 g/mol. The number of aryl methyl sites for hydroxylation is 1. The second-order valence-electron chi connectivity index (χ2n) is 5.99. The van der Waals surface area contributed by atoms with E-state index in [2.05, 4.69) is 4.98 Å². The van der Waals surface area contributed by atoms with Crippen LogP contribution in [0.1, 0.15) is 24.4 Å². The van der Waals surface area contributed by atoms with Crippen LogP contribution in [0, 0.1) is 18.8 Å². The lowest BCUT2D eigenvalue weighted by molar-refractivity contribution is -0.163. The lowest BCUT2D eigenvalue weighted by atomic mass is 9.79. The largest absolute Gasteiger partial charge is 0.477 e. The molecule has 0 saturated carbocycles. The summed E-state index contributed by atoms with van der Waals surface area (Å²) in [5.74, 6) is -2.06. The Morgan fingerprint density at radius 3 is 2.79 bits per heavy atom. The van der Waals surface area contributed by atoms with Crippen molar-refractivity contribution in [2.45, 2.75) is 32.9 Å². The minimum Gasteiger partial charge on any atom is -0.477 e. The van der Waals surface area contributed by atoms with Gasteiger partial charge in [-0.1, -0.05) is 18.7 Å². The molecule has 1 aromatic rings. The lowest BCUT2D eigenvalue weighted by Gasteiger charge is -2.46. The van der Waals surface area contributed by atoms with Gasteiger partial charge in [-0.25, -0.2) is 9.78 Å². The highest BCUT2D eigenvalue weighted by Crippen LogP contribution is 2.50. The third-order valence-electron chi connectivity index (χ3n) is 4.51. The van der Waals surface area contributed by atoms with Crippen molar-refractivity contribution in [2.75, 3.05) is 0 Å². The fourth-order valence-corrected chi connectivity index (χ4v) is 5.10. The van der Waals surface area contributed by atoms with E-state index < -0.39 is 18.0 Å². The summed E-state index contributed by atoms with van der Waals surface area (Å²) in [5, 5.41) is 21.2. The van der Waals surface area contributed by atoms with Crippen LogP contribution in [0.5, 0.6) is 0 Å². The van der Waals surface area contributed by atoms with Gasteiger partial charge in [0.1, 0.15) is 5.70 Å². The first kappa shape index (κ1) is 17.2. The summed E-state index contributed by atoms with van der Waals surface area (Å²) in [6.07, 6.45) is 1.12. The summed E-state index contributed by atoms with van der Waals surface area (Å²) < 4.78 is 0. The fourth-order valence-electron chi connectivity index (χ4n) is 3.32. The van der Waals surface area contributed by atoms with Crippen LogP contribution in [-0.2, 0) is 9.59 Å². The molecule has 2 aliphatic rings. The summed E-state index contributed by atoms with van der Waals surface area (Å²) >= 11 is 2.84. The summed E-state index contributed by atoms with van der Waals surface area (Å²) in [4.78, 5) is 31.1. The molecule has 2 N–H and O–H groups in total. The smallest absolute Gasteiger partial charge is 0.353 e. The Hall–Kier alpha value is -1.64. The van der Waals surface area contributed by atoms with Gasteiger partial charge in [0.05, 0.1) is 34.1 Å². The van der Waals surface area contributed by atoms with Crippen LogP contribution in [0.15, 0.2) is 21.5 Å². The normalized spacial score (nSPS) is 27.6. The van der Waals surface area contributed by atoms with Crippen LogP contribution in [0.3, 0.4) is 0 Å².